The number of rotatable bonds is 4. The van der Waals surface area contributed by atoms with Gasteiger partial charge in [-0.15, -0.1) is 0 Å². The van der Waals surface area contributed by atoms with Crippen molar-refractivity contribution in [3.05, 3.63) is 53.7 Å². The first-order valence-corrected chi connectivity index (χ1v) is 5.01. The van der Waals surface area contributed by atoms with Crippen LogP contribution in [0.5, 0.6) is 0 Å². The zero-order valence-corrected chi connectivity index (χ0v) is 8.72. The van der Waals surface area contributed by atoms with Crippen molar-refractivity contribution in [1.82, 2.24) is 4.98 Å². The van der Waals surface area contributed by atoms with E-state index in [0.717, 1.165) is 5.69 Å². The summed E-state index contributed by atoms with van der Waals surface area (Å²) < 4.78 is 5.26. The van der Waals surface area contributed by atoms with Crippen LogP contribution in [0.4, 0.5) is 0 Å². The molecule has 82 valence electrons. The third-order valence-corrected chi connectivity index (χ3v) is 2.21. The Bertz CT molecular complexity index is 477. The van der Waals surface area contributed by atoms with Crippen molar-refractivity contribution < 1.29 is 9.21 Å². The minimum absolute atomic E-state index is 0.0848. The summed E-state index contributed by atoms with van der Waals surface area (Å²) in [5, 5.41) is 0. The quantitative estimate of drug-likeness (QED) is 0.787. The molecule has 2 rings (SSSR count). The van der Waals surface area contributed by atoms with Gasteiger partial charge in [0.15, 0.2) is 5.76 Å². The van der Waals surface area contributed by atoms with Crippen LogP contribution < -0.4 is 5.73 Å². The summed E-state index contributed by atoms with van der Waals surface area (Å²) in [4.78, 5) is 15.9. The largest absolute Gasteiger partial charge is 0.457 e. The molecule has 0 aliphatic heterocycles. The zero-order valence-electron chi connectivity index (χ0n) is 8.72. The molecule has 0 amide bonds. The van der Waals surface area contributed by atoms with E-state index in [1.807, 2.05) is 18.2 Å². The first-order chi connectivity index (χ1) is 7.79. The van der Waals surface area contributed by atoms with Crippen molar-refractivity contribution in [3.8, 4) is 0 Å². The molecular formula is C12H12N2O2. The van der Waals surface area contributed by atoms with Gasteiger partial charge in [-0.25, -0.2) is 0 Å². The number of furan rings is 1. The van der Waals surface area contributed by atoms with Crippen molar-refractivity contribution in [2.75, 3.05) is 0 Å². The lowest BCUT2D eigenvalue weighted by Crippen LogP contribution is -2.03. The van der Waals surface area contributed by atoms with Crippen LogP contribution in [-0.4, -0.2) is 10.8 Å². The summed E-state index contributed by atoms with van der Waals surface area (Å²) in [7, 11) is 0. The third kappa shape index (κ3) is 2.35. The summed E-state index contributed by atoms with van der Waals surface area (Å²) >= 11 is 0. The van der Waals surface area contributed by atoms with E-state index < -0.39 is 0 Å². The van der Waals surface area contributed by atoms with Crippen LogP contribution in [0.3, 0.4) is 0 Å². The molecule has 0 bridgehead atoms. The molecule has 0 spiro atoms. The van der Waals surface area contributed by atoms with Gasteiger partial charge in [0, 0.05) is 11.9 Å². The van der Waals surface area contributed by atoms with Gasteiger partial charge < -0.3 is 10.2 Å². The van der Waals surface area contributed by atoms with Crippen LogP contribution in [0.15, 0.2) is 40.9 Å². The molecule has 0 saturated heterocycles. The van der Waals surface area contributed by atoms with Gasteiger partial charge >= 0.3 is 0 Å². The summed E-state index contributed by atoms with van der Waals surface area (Å²) in [5.74, 6) is 0.869. The second-order valence-corrected chi connectivity index (χ2v) is 3.39. The molecule has 0 saturated carbocycles. The van der Waals surface area contributed by atoms with Crippen LogP contribution in [0.2, 0.25) is 0 Å². The van der Waals surface area contributed by atoms with E-state index >= 15 is 0 Å². The van der Waals surface area contributed by atoms with Gasteiger partial charge in [-0.05, 0) is 24.3 Å². The van der Waals surface area contributed by atoms with E-state index in [0.29, 0.717) is 18.1 Å². The lowest BCUT2D eigenvalue weighted by Gasteiger charge is -1.97. The van der Waals surface area contributed by atoms with Gasteiger partial charge in [0.05, 0.1) is 13.0 Å². The first kappa shape index (κ1) is 10.6. The number of carbonyl (C=O) groups excluding carboxylic acids is 1. The highest BCUT2D eigenvalue weighted by Crippen LogP contribution is 2.10. The van der Waals surface area contributed by atoms with E-state index in [9.17, 15) is 4.79 Å². The molecule has 2 aromatic heterocycles. The zero-order chi connectivity index (χ0) is 11.4. The number of hydrogen-bond donors (Lipinski definition) is 1. The number of ketones is 1. The van der Waals surface area contributed by atoms with Crippen LogP contribution >= 0.6 is 0 Å². The molecule has 0 aliphatic rings. The van der Waals surface area contributed by atoms with Gasteiger partial charge in [-0.2, -0.15) is 0 Å². The smallest absolute Gasteiger partial charge is 0.203 e. The third-order valence-electron chi connectivity index (χ3n) is 2.21. The van der Waals surface area contributed by atoms with E-state index in [1.54, 1.807) is 18.3 Å². The topological polar surface area (TPSA) is 69.1 Å². The second-order valence-electron chi connectivity index (χ2n) is 3.39. The van der Waals surface area contributed by atoms with Crippen LogP contribution in [0.1, 0.15) is 22.0 Å². The number of nitrogens with zero attached hydrogens (tertiary/aromatic N) is 1. The van der Waals surface area contributed by atoms with Gasteiger partial charge in [0.2, 0.25) is 5.78 Å². The summed E-state index contributed by atoms with van der Waals surface area (Å²) in [6.45, 7) is 0.302. The summed E-state index contributed by atoms with van der Waals surface area (Å²) in [6.07, 6.45) is 1.91. The Kier molecular flexibility index (Phi) is 3.12. The van der Waals surface area contributed by atoms with Crippen LogP contribution in [0.25, 0.3) is 0 Å². The Balaban J connectivity index is 2.09. The predicted octanol–water partition coefficient (Wildman–Crippen LogP) is 1.56. The Morgan fingerprint density at radius 1 is 1.31 bits per heavy atom. The summed E-state index contributed by atoms with van der Waals surface area (Å²) in [6, 6.07) is 8.83. The van der Waals surface area contributed by atoms with E-state index in [4.69, 9.17) is 10.2 Å². The maximum absolute atomic E-state index is 11.8. The Morgan fingerprint density at radius 3 is 2.81 bits per heavy atom. The number of aromatic nitrogens is 1. The first-order valence-electron chi connectivity index (χ1n) is 5.01. The fourth-order valence-corrected chi connectivity index (χ4v) is 1.39. The average molecular weight is 216 g/mol. The SMILES string of the molecule is NCc1ccc(C(=O)Cc2ccccn2)o1. The van der Waals surface area contributed by atoms with E-state index in [1.165, 1.54) is 0 Å². The molecule has 0 radical (unpaired) electrons. The van der Waals surface area contributed by atoms with Crippen LogP contribution in [-0.2, 0) is 13.0 Å². The Morgan fingerprint density at radius 2 is 2.19 bits per heavy atom. The van der Waals surface area contributed by atoms with Gasteiger partial charge in [-0.1, -0.05) is 6.07 Å². The molecule has 0 atom stereocenters. The Hall–Kier alpha value is -1.94. The maximum atomic E-state index is 11.8. The van der Waals surface area contributed by atoms with Gasteiger partial charge in [0.25, 0.3) is 0 Å². The predicted molar refractivity (Wildman–Crippen MR) is 58.9 cm³/mol. The molecule has 4 nitrogen and oxygen atoms in total. The molecule has 0 unspecified atom stereocenters. The van der Waals surface area contributed by atoms with Crippen molar-refractivity contribution in [3.63, 3.8) is 0 Å². The van der Waals surface area contributed by atoms with Crippen molar-refractivity contribution in [1.29, 1.82) is 0 Å². The molecule has 2 N–H and O–H groups in total. The molecular weight excluding hydrogens is 204 g/mol. The van der Waals surface area contributed by atoms with Crippen molar-refractivity contribution >= 4 is 5.78 Å². The molecule has 0 aliphatic carbocycles. The lowest BCUT2D eigenvalue weighted by atomic mass is 10.1. The fraction of sp³-hybridized carbons (Fsp3) is 0.167. The van der Waals surface area contributed by atoms with E-state index in [2.05, 4.69) is 4.98 Å². The number of nitrogens with two attached hydrogens (primary N) is 1. The van der Waals surface area contributed by atoms with Crippen molar-refractivity contribution in [2.45, 2.75) is 13.0 Å². The normalized spacial score (nSPS) is 10.3. The van der Waals surface area contributed by atoms with E-state index in [-0.39, 0.29) is 12.2 Å². The minimum atomic E-state index is -0.0848. The van der Waals surface area contributed by atoms with Gasteiger partial charge in [-0.3, -0.25) is 9.78 Å². The van der Waals surface area contributed by atoms with Crippen LogP contribution in [0, 0.1) is 0 Å². The minimum Gasteiger partial charge on any atom is -0.457 e. The molecule has 0 fully saturated rings. The number of pyridine rings is 1. The highest BCUT2D eigenvalue weighted by atomic mass is 16.3. The number of carbonyl (C=O) groups is 1. The number of hydrogen-bond acceptors (Lipinski definition) is 4. The van der Waals surface area contributed by atoms with Crippen molar-refractivity contribution in [2.24, 2.45) is 5.73 Å². The molecule has 4 heteroatoms. The second kappa shape index (κ2) is 4.72. The fourth-order valence-electron chi connectivity index (χ4n) is 1.39. The molecule has 16 heavy (non-hydrogen) atoms. The average Bonchev–Trinajstić information content (AvgIpc) is 2.79. The standard InChI is InChI=1S/C12H12N2O2/c13-8-10-4-5-12(16-10)11(15)7-9-3-1-2-6-14-9/h1-6H,7-8,13H2. The molecule has 2 heterocycles. The highest BCUT2D eigenvalue weighted by molar-refractivity contribution is 5.94. The van der Waals surface area contributed by atoms with Gasteiger partial charge in [0.1, 0.15) is 5.76 Å². The molecule has 0 aromatic carbocycles. The monoisotopic (exact) mass is 216 g/mol. The summed E-state index contributed by atoms with van der Waals surface area (Å²) in [5.41, 5.74) is 6.13. The Labute approximate surface area is 93.1 Å². The molecule has 2 aromatic rings. The number of Topliss-reactive ketones (excluding diaryl/α,β-unsaturated/α-hetero) is 1. The maximum Gasteiger partial charge on any atom is 0.203 e. The lowest BCUT2D eigenvalue weighted by molar-refractivity contribution is 0.0963. The highest BCUT2D eigenvalue weighted by Gasteiger charge is 2.11.